The summed E-state index contributed by atoms with van der Waals surface area (Å²) in [5.74, 6) is 2.26. The number of aliphatic hydroxyl groups excluding tert-OH is 1. The Morgan fingerprint density at radius 3 is 2.30 bits per heavy atom. The van der Waals surface area contributed by atoms with Crippen LogP contribution in [-0.2, 0) is 0 Å². The molecule has 2 aromatic rings. The SMILES string of the molecule is CCCN(CCC)CC(O)COc1cccc(Oc2ccccc2C)c1.Cl. The van der Waals surface area contributed by atoms with Gasteiger partial charge in [-0.05, 0) is 56.6 Å². The largest absolute Gasteiger partial charge is 0.491 e. The molecule has 1 unspecified atom stereocenters. The van der Waals surface area contributed by atoms with Gasteiger partial charge >= 0.3 is 0 Å². The molecule has 0 spiro atoms. The molecule has 2 rings (SSSR count). The molecule has 27 heavy (non-hydrogen) atoms. The Kier molecular flexibility index (Phi) is 10.9. The molecule has 0 saturated carbocycles. The van der Waals surface area contributed by atoms with Gasteiger partial charge in [-0.3, -0.25) is 0 Å². The highest BCUT2D eigenvalue weighted by atomic mass is 35.5. The molecule has 0 amide bonds. The summed E-state index contributed by atoms with van der Waals surface area (Å²) >= 11 is 0. The summed E-state index contributed by atoms with van der Waals surface area (Å²) < 4.78 is 11.7. The number of hydrogen-bond acceptors (Lipinski definition) is 4. The number of aliphatic hydroxyl groups is 1. The monoisotopic (exact) mass is 393 g/mol. The van der Waals surface area contributed by atoms with Gasteiger partial charge in [-0.15, -0.1) is 12.4 Å². The van der Waals surface area contributed by atoms with Crippen molar-refractivity contribution in [1.82, 2.24) is 4.90 Å². The maximum absolute atomic E-state index is 10.3. The molecule has 0 saturated heterocycles. The lowest BCUT2D eigenvalue weighted by molar-refractivity contribution is 0.0681. The van der Waals surface area contributed by atoms with E-state index in [1.165, 1.54) is 0 Å². The van der Waals surface area contributed by atoms with Gasteiger partial charge in [0, 0.05) is 12.6 Å². The van der Waals surface area contributed by atoms with Crippen molar-refractivity contribution in [3.63, 3.8) is 0 Å². The van der Waals surface area contributed by atoms with Crippen LogP contribution in [0.25, 0.3) is 0 Å². The van der Waals surface area contributed by atoms with Crippen LogP contribution < -0.4 is 9.47 Å². The second kappa shape index (κ2) is 12.6. The Morgan fingerprint density at radius 2 is 1.63 bits per heavy atom. The zero-order valence-electron chi connectivity index (χ0n) is 16.6. The predicted molar refractivity (Wildman–Crippen MR) is 113 cm³/mol. The molecule has 0 aliphatic heterocycles. The number of halogens is 1. The van der Waals surface area contributed by atoms with Gasteiger partial charge in [-0.1, -0.05) is 38.1 Å². The maximum Gasteiger partial charge on any atom is 0.131 e. The van der Waals surface area contributed by atoms with Crippen LogP contribution >= 0.6 is 12.4 Å². The number of nitrogens with zero attached hydrogens (tertiary/aromatic N) is 1. The molecular formula is C22H32ClNO3. The smallest absolute Gasteiger partial charge is 0.131 e. The van der Waals surface area contributed by atoms with E-state index in [0.29, 0.717) is 12.3 Å². The van der Waals surface area contributed by atoms with Gasteiger partial charge in [-0.2, -0.15) is 0 Å². The molecule has 150 valence electrons. The molecule has 0 bridgehead atoms. The van der Waals surface area contributed by atoms with Crippen molar-refractivity contribution in [2.75, 3.05) is 26.2 Å². The van der Waals surface area contributed by atoms with Crippen LogP contribution in [0.5, 0.6) is 17.2 Å². The fraction of sp³-hybridized carbons (Fsp3) is 0.455. The average molecular weight is 394 g/mol. The Labute approximate surface area is 169 Å². The Morgan fingerprint density at radius 1 is 0.963 bits per heavy atom. The predicted octanol–water partition coefficient (Wildman–Crippen LogP) is 5.07. The summed E-state index contributed by atoms with van der Waals surface area (Å²) in [4.78, 5) is 2.28. The lowest BCUT2D eigenvalue weighted by Gasteiger charge is -2.24. The molecule has 5 heteroatoms. The first-order valence-electron chi connectivity index (χ1n) is 9.49. The third-order valence-electron chi connectivity index (χ3n) is 4.12. The molecule has 0 aliphatic carbocycles. The summed E-state index contributed by atoms with van der Waals surface area (Å²) in [6.45, 7) is 9.26. The number of rotatable bonds is 11. The van der Waals surface area contributed by atoms with Gasteiger partial charge in [-0.25, -0.2) is 0 Å². The summed E-state index contributed by atoms with van der Waals surface area (Å²) in [6.07, 6.45) is 1.67. The Balaban J connectivity index is 0.00000364. The van der Waals surface area contributed by atoms with E-state index in [9.17, 15) is 5.11 Å². The molecule has 0 radical (unpaired) electrons. The van der Waals surface area contributed by atoms with E-state index in [4.69, 9.17) is 9.47 Å². The highest BCUT2D eigenvalue weighted by Crippen LogP contribution is 2.27. The van der Waals surface area contributed by atoms with Gasteiger partial charge in [0.05, 0.1) is 0 Å². The first-order valence-corrected chi connectivity index (χ1v) is 9.49. The number of aryl methyl sites for hydroxylation is 1. The van der Waals surface area contributed by atoms with Gasteiger partial charge in [0.2, 0.25) is 0 Å². The van der Waals surface area contributed by atoms with Crippen LogP contribution in [0, 0.1) is 6.92 Å². The fourth-order valence-corrected chi connectivity index (χ4v) is 2.90. The highest BCUT2D eigenvalue weighted by molar-refractivity contribution is 5.85. The van der Waals surface area contributed by atoms with E-state index in [1.54, 1.807) is 0 Å². The Hall–Kier alpha value is -1.75. The quantitative estimate of drug-likeness (QED) is 0.578. The standard InChI is InChI=1S/C22H31NO3.ClH/c1-4-13-23(14-5-2)16-19(24)17-25-20-10-8-11-21(15-20)26-22-12-7-6-9-18(22)3;/h6-12,15,19,24H,4-5,13-14,16-17H2,1-3H3;1H. The minimum Gasteiger partial charge on any atom is -0.491 e. The average Bonchev–Trinajstić information content (AvgIpc) is 2.63. The molecule has 0 heterocycles. The maximum atomic E-state index is 10.3. The van der Waals surface area contributed by atoms with Crippen molar-refractivity contribution >= 4 is 12.4 Å². The van der Waals surface area contributed by atoms with Crippen molar-refractivity contribution in [3.05, 3.63) is 54.1 Å². The highest BCUT2D eigenvalue weighted by Gasteiger charge is 2.11. The molecular weight excluding hydrogens is 362 g/mol. The molecule has 0 aliphatic rings. The van der Waals surface area contributed by atoms with Crippen LogP contribution in [0.15, 0.2) is 48.5 Å². The van der Waals surface area contributed by atoms with E-state index in [2.05, 4.69) is 18.7 Å². The summed E-state index contributed by atoms with van der Waals surface area (Å²) in [5, 5.41) is 10.3. The first-order chi connectivity index (χ1) is 12.6. The number of para-hydroxylation sites is 1. The van der Waals surface area contributed by atoms with Crippen LogP contribution in [-0.4, -0.2) is 42.4 Å². The zero-order valence-corrected chi connectivity index (χ0v) is 17.4. The van der Waals surface area contributed by atoms with Crippen molar-refractivity contribution < 1.29 is 14.6 Å². The molecule has 1 atom stereocenters. The number of ether oxygens (including phenoxy) is 2. The van der Waals surface area contributed by atoms with Gasteiger partial charge in [0.25, 0.3) is 0 Å². The normalized spacial score (nSPS) is 11.7. The van der Waals surface area contributed by atoms with Crippen LogP contribution in [0.4, 0.5) is 0 Å². The number of hydrogen-bond donors (Lipinski definition) is 1. The van der Waals surface area contributed by atoms with E-state index in [1.807, 2.05) is 55.5 Å². The van der Waals surface area contributed by atoms with E-state index >= 15 is 0 Å². The third kappa shape index (κ3) is 8.21. The van der Waals surface area contributed by atoms with Crippen LogP contribution in [0.2, 0.25) is 0 Å². The van der Waals surface area contributed by atoms with Gasteiger partial charge in [0.15, 0.2) is 0 Å². The number of benzene rings is 2. The molecule has 4 nitrogen and oxygen atoms in total. The molecule has 0 fully saturated rings. The summed E-state index contributed by atoms with van der Waals surface area (Å²) in [7, 11) is 0. The second-order valence-corrected chi connectivity index (χ2v) is 6.61. The summed E-state index contributed by atoms with van der Waals surface area (Å²) in [5.41, 5.74) is 1.08. The zero-order chi connectivity index (χ0) is 18.8. The minimum atomic E-state index is -0.506. The first kappa shape index (κ1) is 23.3. The van der Waals surface area contributed by atoms with E-state index in [0.717, 1.165) is 43.0 Å². The van der Waals surface area contributed by atoms with Gasteiger partial charge in [0.1, 0.15) is 30.0 Å². The summed E-state index contributed by atoms with van der Waals surface area (Å²) in [6, 6.07) is 15.5. The second-order valence-electron chi connectivity index (χ2n) is 6.61. The van der Waals surface area contributed by atoms with Crippen LogP contribution in [0.1, 0.15) is 32.3 Å². The lowest BCUT2D eigenvalue weighted by atomic mass is 10.2. The van der Waals surface area contributed by atoms with Gasteiger partial charge < -0.3 is 19.5 Å². The van der Waals surface area contributed by atoms with Crippen molar-refractivity contribution in [3.8, 4) is 17.2 Å². The van der Waals surface area contributed by atoms with Crippen LogP contribution in [0.3, 0.4) is 0 Å². The van der Waals surface area contributed by atoms with E-state index in [-0.39, 0.29) is 19.0 Å². The van der Waals surface area contributed by atoms with Crippen molar-refractivity contribution in [1.29, 1.82) is 0 Å². The Bertz CT molecular complexity index is 660. The van der Waals surface area contributed by atoms with Crippen molar-refractivity contribution in [2.24, 2.45) is 0 Å². The molecule has 2 aromatic carbocycles. The third-order valence-corrected chi connectivity index (χ3v) is 4.12. The molecule has 0 aromatic heterocycles. The molecule has 1 N–H and O–H groups in total. The minimum absolute atomic E-state index is 0. The van der Waals surface area contributed by atoms with E-state index < -0.39 is 6.10 Å². The topological polar surface area (TPSA) is 41.9 Å². The fourth-order valence-electron chi connectivity index (χ4n) is 2.90. The lowest BCUT2D eigenvalue weighted by Crippen LogP contribution is -2.36. The van der Waals surface area contributed by atoms with Crippen molar-refractivity contribution in [2.45, 2.75) is 39.7 Å².